The van der Waals surface area contributed by atoms with Crippen LogP contribution in [-0.4, -0.2) is 25.5 Å². The summed E-state index contributed by atoms with van der Waals surface area (Å²) in [5.41, 5.74) is 2.55. The monoisotopic (exact) mass is 420 g/mol. The van der Waals surface area contributed by atoms with Gasteiger partial charge in [-0.15, -0.1) is 0 Å². The van der Waals surface area contributed by atoms with Crippen LogP contribution < -0.4 is 20.1 Å². The number of methoxy groups -OCH3 is 1. The Morgan fingerprint density at radius 1 is 1.16 bits per heavy atom. The van der Waals surface area contributed by atoms with Crippen LogP contribution in [0, 0.1) is 5.92 Å². The number of nitrogens with one attached hydrogen (secondary N) is 2. The molecule has 1 aliphatic rings. The molecular weight excluding hydrogens is 392 g/mol. The van der Waals surface area contributed by atoms with Crippen molar-refractivity contribution in [2.75, 3.05) is 19.0 Å². The smallest absolute Gasteiger partial charge is 0.244 e. The lowest BCUT2D eigenvalue weighted by Gasteiger charge is -2.14. The van der Waals surface area contributed by atoms with Crippen LogP contribution in [0.25, 0.3) is 6.08 Å². The Balaban J connectivity index is 1.55. The van der Waals surface area contributed by atoms with Gasteiger partial charge in [-0.1, -0.05) is 30.9 Å². The first-order chi connectivity index (χ1) is 15.0. The molecule has 31 heavy (non-hydrogen) atoms. The van der Waals surface area contributed by atoms with Gasteiger partial charge in [0.25, 0.3) is 0 Å². The lowest BCUT2D eigenvalue weighted by Crippen LogP contribution is -2.24. The molecule has 1 aliphatic carbocycles. The van der Waals surface area contributed by atoms with Crippen molar-refractivity contribution in [3.63, 3.8) is 0 Å². The van der Waals surface area contributed by atoms with E-state index < -0.39 is 0 Å². The third kappa shape index (κ3) is 6.47. The van der Waals surface area contributed by atoms with E-state index in [1.54, 1.807) is 31.4 Å². The molecule has 0 saturated heterocycles. The number of carbonyl (C=O) groups excluding carboxylic acids is 2. The van der Waals surface area contributed by atoms with Crippen molar-refractivity contribution in [1.29, 1.82) is 0 Å². The average Bonchev–Trinajstić information content (AvgIpc) is 3.62. The maximum Gasteiger partial charge on any atom is 0.244 e. The molecular formula is C25H28N2O4. The molecule has 2 amide bonds. The van der Waals surface area contributed by atoms with Gasteiger partial charge in [0.15, 0.2) is 11.5 Å². The highest BCUT2D eigenvalue weighted by molar-refractivity contribution is 5.94. The molecule has 2 aromatic carbocycles. The third-order valence-corrected chi connectivity index (χ3v) is 4.96. The van der Waals surface area contributed by atoms with Crippen molar-refractivity contribution in [2.45, 2.75) is 25.8 Å². The molecule has 1 unspecified atom stereocenters. The summed E-state index contributed by atoms with van der Waals surface area (Å²) in [7, 11) is 1.57. The summed E-state index contributed by atoms with van der Waals surface area (Å²) in [4.78, 5) is 24.2. The average molecular weight is 421 g/mol. The molecule has 0 spiro atoms. The first-order valence-corrected chi connectivity index (χ1v) is 10.3. The first kappa shape index (κ1) is 22.2. The summed E-state index contributed by atoms with van der Waals surface area (Å²) < 4.78 is 10.9. The summed E-state index contributed by atoms with van der Waals surface area (Å²) in [6, 6.07) is 12.8. The molecule has 3 rings (SSSR count). The van der Waals surface area contributed by atoms with Crippen molar-refractivity contribution in [1.82, 2.24) is 5.32 Å². The second-order valence-electron chi connectivity index (χ2n) is 7.46. The van der Waals surface area contributed by atoms with Gasteiger partial charge in [-0.05, 0) is 61.2 Å². The molecule has 0 aromatic heterocycles. The number of benzene rings is 2. The molecule has 162 valence electrons. The van der Waals surface area contributed by atoms with Crippen LogP contribution in [0.4, 0.5) is 5.69 Å². The van der Waals surface area contributed by atoms with E-state index in [1.807, 2.05) is 37.3 Å². The standard InChI is InChI=1S/C25H28N2O4/c1-4-15-31-22-13-5-18(16-23(22)30-3)6-14-24(28)26-17(2)19-9-11-21(12-10-19)27-25(29)20-7-8-20/h4-6,9-14,16-17,20H,1,7-8,15H2,2-3H3,(H,26,28)(H,27,29)/b14-6+. The molecule has 0 radical (unpaired) electrons. The topological polar surface area (TPSA) is 76.7 Å². The molecule has 1 atom stereocenters. The Morgan fingerprint density at radius 2 is 1.90 bits per heavy atom. The second kappa shape index (κ2) is 10.5. The highest BCUT2D eigenvalue weighted by Gasteiger charge is 2.29. The SMILES string of the molecule is C=CCOc1ccc(/C=C/C(=O)NC(C)c2ccc(NC(=O)C3CC3)cc2)cc1OC. The van der Waals surface area contributed by atoms with Crippen LogP contribution in [0.2, 0.25) is 0 Å². The van der Waals surface area contributed by atoms with Crippen molar-refractivity contribution >= 4 is 23.6 Å². The van der Waals surface area contributed by atoms with Gasteiger partial charge < -0.3 is 20.1 Å². The van der Waals surface area contributed by atoms with Gasteiger partial charge in [0.05, 0.1) is 13.2 Å². The lowest BCUT2D eigenvalue weighted by molar-refractivity contribution is -0.118. The second-order valence-corrected chi connectivity index (χ2v) is 7.46. The fraction of sp³-hybridized carbons (Fsp3) is 0.280. The molecule has 1 saturated carbocycles. The van der Waals surface area contributed by atoms with Crippen molar-refractivity contribution in [3.8, 4) is 11.5 Å². The zero-order valence-electron chi connectivity index (χ0n) is 17.9. The molecule has 0 bridgehead atoms. The maximum absolute atomic E-state index is 12.3. The molecule has 0 aliphatic heterocycles. The summed E-state index contributed by atoms with van der Waals surface area (Å²) in [5.74, 6) is 1.25. The van der Waals surface area contributed by atoms with E-state index in [0.29, 0.717) is 18.1 Å². The Kier molecular flexibility index (Phi) is 7.49. The van der Waals surface area contributed by atoms with Crippen LogP contribution in [0.5, 0.6) is 11.5 Å². The Hall–Kier alpha value is -3.54. The fourth-order valence-electron chi connectivity index (χ4n) is 3.02. The zero-order valence-corrected chi connectivity index (χ0v) is 17.9. The van der Waals surface area contributed by atoms with Crippen LogP contribution in [0.1, 0.15) is 36.9 Å². The number of amides is 2. The quantitative estimate of drug-likeness (QED) is 0.438. The minimum Gasteiger partial charge on any atom is -0.493 e. The minimum absolute atomic E-state index is 0.0798. The zero-order chi connectivity index (χ0) is 22.2. The molecule has 1 fully saturated rings. The van der Waals surface area contributed by atoms with E-state index in [0.717, 1.165) is 29.7 Å². The van der Waals surface area contributed by atoms with Crippen LogP contribution >= 0.6 is 0 Å². The Bertz CT molecular complexity index is 962. The van der Waals surface area contributed by atoms with Crippen LogP contribution in [-0.2, 0) is 9.59 Å². The number of ether oxygens (including phenoxy) is 2. The van der Waals surface area contributed by atoms with E-state index in [9.17, 15) is 9.59 Å². The van der Waals surface area contributed by atoms with Gasteiger partial charge in [-0.3, -0.25) is 9.59 Å². The van der Waals surface area contributed by atoms with Gasteiger partial charge >= 0.3 is 0 Å². The number of anilines is 1. The Morgan fingerprint density at radius 3 is 2.55 bits per heavy atom. The molecule has 2 aromatic rings. The predicted octanol–water partition coefficient (Wildman–Crippen LogP) is 4.50. The summed E-state index contributed by atoms with van der Waals surface area (Å²) >= 11 is 0. The molecule has 6 heteroatoms. The summed E-state index contributed by atoms with van der Waals surface area (Å²) in [6.45, 7) is 5.93. The predicted molar refractivity (Wildman–Crippen MR) is 122 cm³/mol. The Labute approximate surface area is 182 Å². The summed E-state index contributed by atoms with van der Waals surface area (Å²) in [6.07, 6.45) is 6.82. The van der Waals surface area contributed by atoms with Gasteiger partial charge in [0.1, 0.15) is 6.61 Å². The van der Waals surface area contributed by atoms with E-state index in [2.05, 4.69) is 17.2 Å². The van der Waals surface area contributed by atoms with E-state index in [4.69, 9.17) is 9.47 Å². The molecule has 0 heterocycles. The van der Waals surface area contributed by atoms with Gasteiger partial charge in [-0.2, -0.15) is 0 Å². The third-order valence-electron chi connectivity index (χ3n) is 4.96. The highest BCUT2D eigenvalue weighted by Crippen LogP contribution is 2.30. The number of hydrogen-bond donors (Lipinski definition) is 2. The maximum atomic E-state index is 12.3. The van der Waals surface area contributed by atoms with E-state index in [-0.39, 0.29) is 23.8 Å². The summed E-state index contributed by atoms with van der Waals surface area (Å²) in [5, 5.41) is 5.85. The van der Waals surface area contributed by atoms with Gasteiger partial charge in [-0.25, -0.2) is 0 Å². The van der Waals surface area contributed by atoms with E-state index >= 15 is 0 Å². The van der Waals surface area contributed by atoms with Crippen molar-refractivity contribution < 1.29 is 19.1 Å². The number of carbonyl (C=O) groups is 2. The highest BCUT2D eigenvalue weighted by atomic mass is 16.5. The van der Waals surface area contributed by atoms with Gasteiger partial charge in [0.2, 0.25) is 11.8 Å². The first-order valence-electron chi connectivity index (χ1n) is 10.3. The van der Waals surface area contributed by atoms with Crippen molar-refractivity contribution in [3.05, 3.63) is 72.3 Å². The largest absolute Gasteiger partial charge is 0.493 e. The fourth-order valence-corrected chi connectivity index (χ4v) is 3.02. The minimum atomic E-state index is -0.204. The van der Waals surface area contributed by atoms with E-state index in [1.165, 1.54) is 6.08 Å². The van der Waals surface area contributed by atoms with Crippen molar-refractivity contribution in [2.24, 2.45) is 5.92 Å². The molecule has 6 nitrogen and oxygen atoms in total. The van der Waals surface area contributed by atoms with Crippen LogP contribution in [0.15, 0.2) is 61.2 Å². The lowest BCUT2D eigenvalue weighted by atomic mass is 10.1. The van der Waals surface area contributed by atoms with Crippen LogP contribution in [0.3, 0.4) is 0 Å². The van der Waals surface area contributed by atoms with Gasteiger partial charge in [0, 0.05) is 17.7 Å². The molecule has 2 N–H and O–H groups in total. The normalized spacial score (nSPS) is 14.0. The number of hydrogen-bond acceptors (Lipinski definition) is 4. The number of rotatable bonds is 10.